The smallest absolute Gasteiger partial charge is 0.00221 e. The minimum Gasteiger partial charge on any atom is -0.309 e. The topological polar surface area (TPSA) is 3.24 Å². The lowest BCUT2D eigenvalue weighted by Crippen LogP contribution is -2.43. The Labute approximate surface area is 122 Å². The number of hydrogen-bond donors (Lipinski definition) is 0. The zero-order chi connectivity index (χ0) is 15.3. The van der Waals surface area contributed by atoms with Crippen LogP contribution in [0.2, 0.25) is 0 Å². The molecule has 0 aliphatic carbocycles. The van der Waals surface area contributed by atoms with Crippen LogP contribution < -0.4 is 0 Å². The zero-order valence-electron chi connectivity index (χ0n) is 14.9. The van der Waals surface area contributed by atoms with Crippen LogP contribution >= 0.6 is 0 Å². The van der Waals surface area contributed by atoms with Crippen molar-refractivity contribution in [2.24, 2.45) is 22.7 Å². The maximum atomic E-state index is 2.48. The van der Waals surface area contributed by atoms with Crippen LogP contribution in [0.3, 0.4) is 0 Å². The van der Waals surface area contributed by atoms with Gasteiger partial charge in [0.2, 0.25) is 0 Å². The molecule has 0 saturated heterocycles. The van der Waals surface area contributed by atoms with Gasteiger partial charge in [-0.15, -0.1) is 0 Å². The van der Waals surface area contributed by atoms with Gasteiger partial charge in [-0.1, -0.05) is 60.6 Å². The van der Waals surface area contributed by atoms with E-state index in [4.69, 9.17) is 0 Å². The summed E-state index contributed by atoms with van der Waals surface area (Å²) in [7, 11) is 4.33. The van der Waals surface area contributed by atoms with E-state index < -0.39 is 0 Å². The summed E-state index contributed by atoms with van der Waals surface area (Å²) in [6, 6.07) is 0. The normalized spacial score (nSPS) is 18.3. The van der Waals surface area contributed by atoms with E-state index in [-0.39, 0.29) is 5.41 Å². The van der Waals surface area contributed by atoms with Crippen LogP contribution in [0.25, 0.3) is 0 Å². The molecule has 0 aromatic carbocycles. The molecule has 0 aromatic rings. The zero-order valence-corrected chi connectivity index (χ0v) is 14.9. The van der Waals surface area contributed by atoms with Gasteiger partial charge in [0.05, 0.1) is 0 Å². The average molecular weight is 268 g/mol. The van der Waals surface area contributed by atoms with E-state index in [0.717, 1.165) is 6.42 Å². The fourth-order valence-electron chi connectivity index (χ4n) is 2.86. The van der Waals surface area contributed by atoms with E-state index in [1.807, 2.05) is 0 Å². The summed E-state index contributed by atoms with van der Waals surface area (Å²) in [6.45, 7) is 17.9. The third kappa shape index (κ3) is 4.63. The average Bonchev–Trinajstić information content (AvgIpc) is 2.31. The Morgan fingerprint density at radius 3 is 1.95 bits per heavy atom. The predicted octanol–water partition coefficient (Wildman–Crippen LogP) is 5.23. The molecule has 19 heavy (non-hydrogen) atoms. The highest BCUT2D eigenvalue weighted by Crippen LogP contribution is 2.51. The molecule has 0 fully saturated rings. The SMILES string of the molecule is CC/C=C\C(C)(C(C)C)C(C)(C)C(C)CCN(C)C. The number of hydrogen-bond acceptors (Lipinski definition) is 1. The molecular formula is C18H37N. The minimum atomic E-state index is 0.259. The molecule has 114 valence electrons. The molecule has 0 amide bonds. The Kier molecular flexibility index (Phi) is 7.36. The first kappa shape index (κ1) is 18.7. The van der Waals surface area contributed by atoms with Crippen molar-refractivity contribution >= 4 is 0 Å². The Morgan fingerprint density at radius 1 is 1.05 bits per heavy atom. The Bertz CT molecular complexity index is 275. The minimum absolute atomic E-state index is 0.259. The lowest BCUT2D eigenvalue weighted by Gasteiger charge is -2.50. The lowest BCUT2D eigenvalue weighted by atomic mass is 9.55. The third-order valence-corrected chi connectivity index (χ3v) is 5.53. The highest BCUT2D eigenvalue weighted by atomic mass is 15.0. The first-order valence-electron chi connectivity index (χ1n) is 7.92. The second-order valence-corrected chi connectivity index (χ2v) is 7.46. The van der Waals surface area contributed by atoms with Gasteiger partial charge in [0.1, 0.15) is 0 Å². The third-order valence-electron chi connectivity index (χ3n) is 5.53. The molecule has 0 aromatic heterocycles. The van der Waals surface area contributed by atoms with Gasteiger partial charge in [-0.25, -0.2) is 0 Å². The number of rotatable bonds is 8. The summed E-state index contributed by atoms with van der Waals surface area (Å²) in [4.78, 5) is 2.29. The van der Waals surface area contributed by atoms with Crippen molar-refractivity contribution in [1.82, 2.24) is 4.90 Å². The molecule has 1 heteroatoms. The molecule has 0 saturated carbocycles. The Balaban J connectivity index is 5.12. The van der Waals surface area contributed by atoms with Gasteiger partial charge in [-0.05, 0) is 56.1 Å². The van der Waals surface area contributed by atoms with Gasteiger partial charge in [0.15, 0.2) is 0 Å². The van der Waals surface area contributed by atoms with Crippen LogP contribution in [0.15, 0.2) is 12.2 Å². The molecule has 0 N–H and O–H groups in total. The van der Waals surface area contributed by atoms with Crippen LogP contribution in [0.4, 0.5) is 0 Å². The summed E-state index contributed by atoms with van der Waals surface area (Å²) in [6.07, 6.45) is 7.22. The van der Waals surface area contributed by atoms with E-state index in [1.54, 1.807) is 0 Å². The number of allylic oxidation sites excluding steroid dienone is 2. The first-order chi connectivity index (χ1) is 8.59. The highest BCUT2D eigenvalue weighted by Gasteiger charge is 2.44. The fourth-order valence-corrected chi connectivity index (χ4v) is 2.86. The summed E-state index contributed by atoms with van der Waals surface area (Å²) >= 11 is 0. The van der Waals surface area contributed by atoms with E-state index in [9.17, 15) is 0 Å². The molecule has 0 rings (SSSR count). The molecule has 2 unspecified atom stereocenters. The maximum Gasteiger partial charge on any atom is -0.00221 e. The fraction of sp³-hybridized carbons (Fsp3) is 0.889. The standard InChI is InChI=1S/C18H37N/c1-10-11-13-18(7,15(2)3)17(5,6)16(4)12-14-19(8)9/h11,13,15-16H,10,12,14H2,1-9H3/b13-11-. The predicted molar refractivity (Wildman–Crippen MR) is 88.5 cm³/mol. The van der Waals surface area contributed by atoms with Gasteiger partial charge >= 0.3 is 0 Å². The van der Waals surface area contributed by atoms with E-state index in [0.29, 0.717) is 17.3 Å². The summed E-state index contributed by atoms with van der Waals surface area (Å²) in [5.41, 5.74) is 0.567. The van der Waals surface area contributed by atoms with Crippen LogP contribution in [0.5, 0.6) is 0 Å². The molecule has 0 radical (unpaired) electrons. The first-order valence-corrected chi connectivity index (χ1v) is 7.92. The Morgan fingerprint density at radius 2 is 1.58 bits per heavy atom. The van der Waals surface area contributed by atoms with E-state index >= 15 is 0 Å². The summed E-state index contributed by atoms with van der Waals surface area (Å²) in [5.74, 6) is 1.37. The van der Waals surface area contributed by atoms with E-state index in [1.165, 1.54) is 13.0 Å². The molecule has 2 atom stereocenters. The van der Waals surface area contributed by atoms with Gasteiger partial charge in [0, 0.05) is 0 Å². The van der Waals surface area contributed by atoms with E-state index in [2.05, 4.69) is 79.6 Å². The molecule has 1 nitrogen and oxygen atoms in total. The van der Waals surface area contributed by atoms with Gasteiger partial charge in [0.25, 0.3) is 0 Å². The number of nitrogens with zero attached hydrogens (tertiary/aromatic N) is 1. The molecule has 0 aliphatic heterocycles. The van der Waals surface area contributed by atoms with Crippen LogP contribution in [-0.4, -0.2) is 25.5 Å². The Hall–Kier alpha value is -0.300. The van der Waals surface area contributed by atoms with Crippen molar-refractivity contribution in [2.45, 2.75) is 61.3 Å². The quantitative estimate of drug-likeness (QED) is 0.544. The second kappa shape index (κ2) is 7.47. The van der Waals surface area contributed by atoms with Gasteiger partial charge in [-0.3, -0.25) is 0 Å². The molecule has 0 heterocycles. The van der Waals surface area contributed by atoms with Gasteiger partial charge in [-0.2, -0.15) is 0 Å². The monoisotopic (exact) mass is 267 g/mol. The van der Waals surface area contributed by atoms with Crippen LogP contribution in [0.1, 0.15) is 61.3 Å². The highest BCUT2D eigenvalue weighted by molar-refractivity contribution is 5.07. The van der Waals surface area contributed by atoms with Crippen molar-refractivity contribution in [2.75, 3.05) is 20.6 Å². The van der Waals surface area contributed by atoms with Crippen molar-refractivity contribution in [3.63, 3.8) is 0 Å². The van der Waals surface area contributed by atoms with Crippen molar-refractivity contribution < 1.29 is 0 Å². The van der Waals surface area contributed by atoms with Crippen LogP contribution in [-0.2, 0) is 0 Å². The second-order valence-electron chi connectivity index (χ2n) is 7.46. The molecular weight excluding hydrogens is 230 g/mol. The lowest BCUT2D eigenvalue weighted by molar-refractivity contribution is 0.0265. The molecule has 0 bridgehead atoms. The molecule has 0 spiro atoms. The molecule has 0 aliphatic rings. The van der Waals surface area contributed by atoms with Crippen LogP contribution in [0, 0.1) is 22.7 Å². The summed E-state index contributed by atoms with van der Waals surface area (Å²) < 4.78 is 0. The summed E-state index contributed by atoms with van der Waals surface area (Å²) in [5, 5.41) is 0. The van der Waals surface area contributed by atoms with Crippen molar-refractivity contribution in [3.05, 3.63) is 12.2 Å². The van der Waals surface area contributed by atoms with Crippen molar-refractivity contribution in [1.29, 1.82) is 0 Å². The van der Waals surface area contributed by atoms with Gasteiger partial charge < -0.3 is 4.90 Å². The van der Waals surface area contributed by atoms with Crippen molar-refractivity contribution in [3.8, 4) is 0 Å². The largest absolute Gasteiger partial charge is 0.309 e. The maximum absolute atomic E-state index is 2.48.